The van der Waals surface area contributed by atoms with E-state index in [2.05, 4.69) is 20.2 Å². The first kappa shape index (κ1) is 17.0. The van der Waals surface area contributed by atoms with E-state index in [1.54, 1.807) is 23.0 Å². The summed E-state index contributed by atoms with van der Waals surface area (Å²) in [5.74, 6) is 1.70. The van der Waals surface area contributed by atoms with E-state index >= 15 is 0 Å². The second-order valence-electron chi connectivity index (χ2n) is 6.34. The van der Waals surface area contributed by atoms with Crippen LogP contribution in [0.2, 0.25) is 0 Å². The second-order valence-corrected chi connectivity index (χ2v) is 6.34. The number of nitrogens with zero attached hydrogens (tertiary/aromatic N) is 6. The Morgan fingerprint density at radius 2 is 1.45 bits per heavy atom. The molecule has 5 rings (SSSR count). The molecule has 0 amide bonds. The monoisotopic (exact) mass is 380 g/mol. The third kappa shape index (κ3) is 3.41. The van der Waals surface area contributed by atoms with Gasteiger partial charge in [-0.15, -0.1) is 15.3 Å². The Balaban J connectivity index is 1.62. The van der Waals surface area contributed by atoms with Crippen molar-refractivity contribution in [3.63, 3.8) is 0 Å². The van der Waals surface area contributed by atoms with Crippen molar-refractivity contribution in [3.05, 3.63) is 91.0 Å². The van der Waals surface area contributed by atoms with Crippen molar-refractivity contribution < 1.29 is 4.74 Å². The largest absolute Gasteiger partial charge is 0.468 e. The van der Waals surface area contributed by atoms with E-state index in [-0.39, 0.29) is 6.61 Å². The van der Waals surface area contributed by atoms with Crippen LogP contribution in [0.15, 0.2) is 85.2 Å². The van der Waals surface area contributed by atoms with Gasteiger partial charge < -0.3 is 4.74 Å². The first-order valence-corrected chi connectivity index (χ1v) is 9.14. The van der Waals surface area contributed by atoms with Gasteiger partial charge in [-0.2, -0.15) is 4.52 Å². The van der Waals surface area contributed by atoms with Crippen LogP contribution in [0.4, 0.5) is 0 Å². The molecule has 29 heavy (non-hydrogen) atoms. The van der Waals surface area contributed by atoms with Crippen molar-refractivity contribution >= 4 is 5.65 Å². The molecule has 7 nitrogen and oxygen atoms in total. The topological polar surface area (TPSA) is 78.1 Å². The number of benzene rings is 2. The number of ether oxygens (including phenoxy) is 1. The summed E-state index contributed by atoms with van der Waals surface area (Å²) in [5, 5.41) is 13.4. The lowest BCUT2D eigenvalue weighted by Gasteiger charge is -2.11. The molecule has 2 aromatic carbocycles. The Labute approximate surface area is 166 Å². The first-order valence-electron chi connectivity index (χ1n) is 9.14. The highest BCUT2D eigenvalue weighted by molar-refractivity contribution is 5.72. The van der Waals surface area contributed by atoms with Crippen molar-refractivity contribution in [2.75, 3.05) is 0 Å². The molecule has 0 bridgehead atoms. The lowest BCUT2D eigenvalue weighted by molar-refractivity contribution is 0.281. The van der Waals surface area contributed by atoms with E-state index in [0.717, 1.165) is 16.7 Å². The van der Waals surface area contributed by atoms with Gasteiger partial charge in [0.05, 0.1) is 0 Å². The molecule has 0 atom stereocenters. The Morgan fingerprint density at radius 3 is 2.17 bits per heavy atom. The van der Waals surface area contributed by atoms with Crippen LogP contribution in [0.1, 0.15) is 5.82 Å². The summed E-state index contributed by atoms with van der Waals surface area (Å²) < 4.78 is 7.73. The Hall–Kier alpha value is -4.13. The van der Waals surface area contributed by atoms with E-state index in [1.807, 2.05) is 66.7 Å². The summed E-state index contributed by atoms with van der Waals surface area (Å²) in [6, 6.07) is 23.5. The van der Waals surface area contributed by atoms with Gasteiger partial charge in [-0.05, 0) is 17.7 Å². The van der Waals surface area contributed by atoms with E-state index in [4.69, 9.17) is 9.84 Å². The molecule has 5 aromatic rings. The smallest absolute Gasteiger partial charge is 0.240 e. The molecule has 0 N–H and O–H groups in total. The molecule has 0 aliphatic carbocycles. The zero-order chi connectivity index (χ0) is 19.5. The van der Waals surface area contributed by atoms with Crippen molar-refractivity contribution in [2.24, 2.45) is 0 Å². The fourth-order valence-electron chi connectivity index (χ4n) is 3.05. The van der Waals surface area contributed by atoms with Crippen LogP contribution in [-0.2, 0) is 6.61 Å². The summed E-state index contributed by atoms with van der Waals surface area (Å²) in [4.78, 5) is 8.44. The molecule has 0 saturated heterocycles. The second kappa shape index (κ2) is 7.47. The number of fused-ring (bicyclic) bond motifs is 1. The van der Waals surface area contributed by atoms with Gasteiger partial charge >= 0.3 is 0 Å². The molecule has 7 heteroatoms. The average molecular weight is 380 g/mol. The van der Waals surface area contributed by atoms with Crippen LogP contribution in [0.3, 0.4) is 0 Å². The predicted molar refractivity (Wildman–Crippen MR) is 108 cm³/mol. The molecule has 0 fully saturated rings. The zero-order valence-electron chi connectivity index (χ0n) is 15.4. The van der Waals surface area contributed by atoms with Gasteiger partial charge in [0.15, 0.2) is 17.3 Å². The highest BCUT2D eigenvalue weighted by atomic mass is 16.5. The molecule has 0 radical (unpaired) electrons. The summed E-state index contributed by atoms with van der Waals surface area (Å²) in [7, 11) is 0. The molecule has 0 unspecified atom stereocenters. The molecule has 3 aromatic heterocycles. The van der Waals surface area contributed by atoms with E-state index in [1.165, 1.54) is 0 Å². The zero-order valence-corrected chi connectivity index (χ0v) is 15.4. The maximum absolute atomic E-state index is 6.03. The summed E-state index contributed by atoms with van der Waals surface area (Å²) in [6.45, 7) is 0.210. The normalized spacial score (nSPS) is 10.9. The van der Waals surface area contributed by atoms with Gasteiger partial charge in [-0.1, -0.05) is 60.7 Å². The van der Waals surface area contributed by atoms with Gasteiger partial charge in [-0.3, -0.25) is 0 Å². The van der Waals surface area contributed by atoms with Gasteiger partial charge in [0.25, 0.3) is 0 Å². The quantitative estimate of drug-likeness (QED) is 0.461. The van der Waals surface area contributed by atoms with Crippen molar-refractivity contribution in [2.45, 2.75) is 6.61 Å². The van der Waals surface area contributed by atoms with E-state index in [0.29, 0.717) is 23.2 Å². The standard InChI is InChI=1S/C22H16N6O/c1-3-8-16(9-4-1)18-14-20-25-26-21(17-10-5-2-6-11-17)28(20)27-22(18)29-15-19-23-12-7-13-24-19/h1-14H,15H2. The molecular formula is C22H16N6O. The van der Waals surface area contributed by atoms with Crippen LogP contribution < -0.4 is 4.74 Å². The van der Waals surface area contributed by atoms with Crippen molar-refractivity contribution in [1.29, 1.82) is 0 Å². The minimum absolute atomic E-state index is 0.210. The molecule has 0 aliphatic heterocycles. The van der Waals surface area contributed by atoms with Gasteiger partial charge in [0.1, 0.15) is 6.61 Å². The Kier molecular flexibility index (Phi) is 4.38. The first-order chi connectivity index (χ1) is 14.4. The Morgan fingerprint density at radius 1 is 0.759 bits per heavy atom. The molecule has 0 spiro atoms. The van der Waals surface area contributed by atoms with Crippen LogP contribution in [0.5, 0.6) is 5.88 Å². The highest BCUT2D eigenvalue weighted by Gasteiger charge is 2.16. The number of hydrogen-bond donors (Lipinski definition) is 0. The highest BCUT2D eigenvalue weighted by Crippen LogP contribution is 2.30. The van der Waals surface area contributed by atoms with E-state index < -0.39 is 0 Å². The predicted octanol–water partition coefficient (Wildman–Crippen LogP) is 3.83. The molecular weight excluding hydrogens is 364 g/mol. The minimum atomic E-state index is 0.210. The number of aromatic nitrogens is 6. The average Bonchev–Trinajstić information content (AvgIpc) is 3.22. The third-order valence-electron chi connectivity index (χ3n) is 4.43. The maximum atomic E-state index is 6.03. The van der Waals surface area contributed by atoms with Crippen LogP contribution in [0, 0.1) is 0 Å². The van der Waals surface area contributed by atoms with Crippen molar-refractivity contribution in [1.82, 2.24) is 29.8 Å². The third-order valence-corrected chi connectivity index (χ3v) is 4.43. The minimum Gasteiger partial charge on any atom is -0.468 e. The molecule has 0 aliphatic rings. The number of rotatable bonds is 5. The summed E-state index contributed by atoms with van der Waals surface area (Å²) >= 11 is 0. The lowest BCUT2D eigenvalue weighted by Crippen LogP contribution is -2.06. The van der Waals surface area contributed by atoms with Crippen LogP contribution >= 0.6 is 0 Å². The fraction of sp³-hybridized carbons (Fsp3) is 0.0455. The molecule has 140 valence electrons. The molecule has 0 saturated carbocycles. The van der Waals surface area contributed by atoms with Gasteiger partial charge in [-0.25, -0.2) is 9.97 Å². The molecule has 3 heterocycles. The number of hydrogen-bond acceptors (Lipinski definition) is 6. The van der Waals surface area contributed by atoms with Gasteiger partial charge in [0, 0.05) is 23.5 Å². The van der Waals surface area contributed by atoms with Crippen LogP contribution in [0.25, 0.3) is 28.2 Å². The SMILES string of the molecule is c1ccc(-c2cc3nnc(-c4ccccc4)n3nc2OCc2ncccn2)cc1. The fourth-order valence-corrected chi connectivity index (χ4v) is 3.05. The lowest BCUT2D eigenvalue weighted by atomic mass is 10.1. The van der Waals surface area contributed by atoms with E-state index in [9.17, 15) is 0 Å². The van der Waals surface area contributed by atoms with Crippen LogP contribution in [-0.4, -0.2) is 29.8 Å². The summed E-state index contributed by atoms with van der Waals surface area (Å²) in [6.07, 6.45) is 3.38. The van der Waals surface area contributed by atoms with Gasteiger partial charge in [0.2, 0.25) is 5.88 Å². The van der Waals surface area contributed by atoms with Crippen molar-refractivity contribution in [3.8, 4) is 28.4 Å². The maximum Gasteiger partial charge on any atom is 0.240 e. The Bertz CT molecular complexity index is 1240. The summed E-state index contributed by atoms with van der Waals surface area (Å²) in [5.41, 5.74) is 3.39.